The molecule has 0 spiro atoms. The van der Waals surface area contributed by atoms with E-state index in [9.17, 15) is 9.70 Å². The Morgan fingerprint density at radius 3 is 2.73 bits per heavy atom. The van der Waals surface area contributed by atoms with E-state index >= 15 is 0 Å². The monoisotopic (exact) mass is 157 g/mol. The van der Waals surface area contributed by atoms with Crippen LogP contribution in [0.15, 0.2) is 10.4 Å². The number of rotatable bonds is 3. The maximum Gasteiger partial charge on any atom is 0.333 e. The molecule has 0 aromatic carbocycles. The summed E-state index contributed by atoms with van der Waals surface area (Å²) in [5.41, 5.74) is 7.82. The second-order valence-electron chi connectivity index (χ2n) is 1.68. The molecular formula is C4H7N5O2. The van der Waals surface area contributed by atoms with Crippen molar-refractivity contribution in [1.82, 2.24) is 5.01 Å². The predicted molar refractivity (Wildman–Crippen MR) is 37.3 cm³/mol. The second kappa shape index (κ2) is 5.19. The Balaban J connectivity index is 4.12. The highest BCUT2D eigenvalue weighted by Crippen LogP contribution is 1.95. The third-order valence-electron chi connectivity index (χ3n) is 0.885. The first-order valence-electron chi connectivity index (χ1n) is 2.96. The van der Waals surface area contributed by atoms with Gasteiger partial charge in [0.1, 0.15) is 0 Å². The lowest BCUT2D eigenvalue weighted by Gasteiger charge is -2.06. The zero-order valence-corrected chi connectivity index (χ0v) is 5.97. The molecule has 0 rings (SSSR count). The molecule has 0 radical (unpaired) electrons. The fourth-order valence-electron chi connectivity index (χ4n) is 0.473. The van der Waals surface area contributed by atoms with Gasteiger partial charge in [0, 0.05) is 16.6 Å². The largest absolute Gasteiger partial charge is 0.333 e. The van der Waals surface area contributed by atoms with Crippen LogP contribution in [0.2, 0.25) is 0 Å². The van der Waals surface area contributed by atoms with Gasteiger partial charge in [-0.3, -0.25) is 4.79 Å². The van der Waals surface area contributed by atoms with Gasteiger partial charge in [0.15, 0.2) is 0 Å². The van der Waals surface area contributed by atoms with Crippen molar-refractivity contribution in [3.8, 4) is 0 Å². The van der Waals surface area contributed by atoms with E-state index in [1.165, 1.54) is 0 Å². The molecule has 0 aromatic rings. The van der Waals surface area contributed by atoms with Crippen molar-refractivity contribution in [3.05, 3.63) is 15.3 Å². The van der Waals surface area contributed by atoms with Gasteiger partial charge in [-0.15, -0.1) is 4.91 Å². The number of hydrogen-bond acceptors (Lipinski definition) is 3. The van der Waals surface area contributed by atoms with Gasteiger partial charge >= 0.3 is 6.03 Å². The van der Waals surface area contributed by atoms with Gasteiger partial charge < -0.3 is 0 Å². The highest BCUT2D eigenvalue weighted by Gasteiger charge is 2.09. The Morgan fingerprint density at radius 2 is 2.36 bits per heavy atom. The van der Waals surface area contributed by atoms with Crippen molar-refractivity contribution in [3.63, 3.8) is 0 Å². The lowest BCUT2D eigenvalue weighted by Crippen LogP contribution is -2.22. The van der Waals surface area contributed by atoms with Crippen LogP contribution in [0.3, 0.4) is 0 Å². The molecule has 11 heavy (non-hydrogen) atoms. The van der Waals surface area contributed by atoms with Gasteiger partial charge in [0.05, 0.1) is 5.29 Å². The minimum Gasteiger partial charge on any atom is -0.265 e. The first kappa shape index (κ1) is 9.38. The fraction of sp³-hybridized carbons (Fsp3) is 0.750. The van der Waals surface area contributed by atoms with E-state index in [-0.39, 0.29) is 6.54 Å². The van der Waals surface area contributed by atoms with Gasteiger partial charge in [-0.1, -0.05) is 6.92 Å². The smallest absolute Gasteiger partial charge is 0.265 e. The maximum absolute atomic E-state index is 10.6. The zero-order valence-electron chi connectivity index (χ0n) is 5.97. The van der Waals surface area contributed by atoms with Crippen LogP contribution in [0.4, 0.5) is 4.79 Å². The summed E-state index contributed by atoms with van der Waals surface area (Å²) in [6.07, 6.45) is 0.582. The first-order chi connectivity index (χ1) is 5.26. The summed E-state index contributed by atoms with van der Waals surface area (Å²) in [6.45, 7) is 1.93. The number of nitroso groups, excluding NO2 is 1. The third-order valence-corrected chi connectivity index (χ3v) is 0.885. The molecule has 0 saturated carbocycles. The van der Waals surface area contributed by atoms with Gasteiger partial charge in [-0.05, 0) is 12.0 Å². The highest BCUT2D eigenvalue weighted by atomic mass is 16.3. The van der Waals surface area contributed by atoms with E-state index in [1.54, 1.807) is 6.92 Å². The van der Waals surface area contributed by atoms with E-state index in [2.05, 4.69) is 15.3 Å². The van der Waals surface area contributed by atoms with Crippen LogP contribution in [0.5, 0.6) is 0 Å². The van der Waals surface area contributed by atoms with Crippen LogP contribution in [0.1, 0.15) is 13.3 Å². The molecule has 0 aliphatic carbocycles. The lowest BCUT2D eigenvalue weighted by molar-refractivity contribution is 0.209. The highest BCUT2D eigenvalue weighted by molar-refractivity contribution is 5.74. The summed E-state index contributed by atoms with van der Waals surface area (Å²) in [6, 6.07) is -0.968. The number of azide groups is 1. The average molecular weight is 157 g/mol. The summed E-state index contributed by atoms with van der Waals surface area (Å²) in [5.74, 6) is 0. The van der Waals surface area contributed by atoms with Crippen LogP contribution in [0.25, 0.3) is 10.4 Å². The van der Waals surface area contributed by atoms with Crippen molar-refractivity contribution in [1.29, 1.82) is 0 Å². The maximum atomic E-state index is 10.6. The van der Waals surface area contributed by atoms with Crippen molar-refractivity contribution in [2.45, 2.75) is 13.3 Å². The molecule has 2 amide bonds. The number of urea groups is 1. The molecule has 7 nitrogen and oxygen atoms in total. The van der Waals surface area contributed by atoms with E-state index < -0.39 is 6.03 Å². The number of carbonyl (C=O) groups is 1. The molecule has 0 N–H and O–H groups in total. The van der Waals surface area contributed by atoms with Crippen molar-refractivity contribution < 1.29 is 4.79 Å². The first-order valence-corrected chi connectivity index (χ1v) is 2.96. The van der Waals surface area contributed by atoms with Gasteiger partial charge in [0.25, 0.3) is 0 Å². The van der Waals surface area contributed by atoms with E-state index in [4.69, 9.17) is 5.53 Å². The molecule has 0 aliphatic rings. The number of carbonyl (C=O) groups excluding carboxylic acids is 1. The molecule has 0 unspecified atom stereocenters. The predicted octanol–water partition coefficient (Wildman–Crippen LogP) is 1.81. The zero-order chi connectivity index (χ0) is 8.69. The lowest BCUT2D eigenvalue weighted by atomic mass is 10.5. The molecular weight excluding hydrogens is 150 g/mol. The number of nitrogens with zero attached hydrogens (tertiary/aromatic N) is 5. The van der Waals surface area contributed by atoms with Crippen LogP contribution in [-0.2, 0) is 0 Å². The van der Waals surface area contributed by atoms with Gasteiger partial charge in [-0.2, -0.15) is 5.01 Å². The Hall–Kier alpha value is -1.62. The molecule has 0 fully saturated rings. The Bertz CT molecular complexity index is 197. The molecule has 0 saturated heterocycles. The van der Waals surface area contributed by atoms with Crippen LogP contribution < -0.4 is 0 Å². The topological polar surface area (TPSA) is 98.5 Å². The Labute approximate surface area is 62.6 Å². The minimum absolute atomic E-state index is 0.168. The summed E-state index contributed by atoms with van der Waals surface area (Å²) in [4.78, 5) is 22.7. The summed E-state index contributed by atoms with van der Waals surface area (Å²) < 4.78 is 0. The van der Waals surface area contributed by atoms with Crippen LogP contribution >= 0.6 is 0 Å². The second-order valence-corrected chi connectivity index (χ2v) is 1.68. The van der Waals surface area contributed by atoms with Crippen molar-refractivity contribution in [2.24, 2.45) is 10.4 Å². The number of amides is 2. The standard InChI is InChI=1S/C4H7N5O2/c1-2-3-9(8-11)4(10)6-7-5/h2-3H2,1H3. The molecule has 60 valence electrons. The quantitative estimate of drug-likeness (QED) is 0.205. The average Bonchev–Trinajstić information content (AvgIpc) is 2.00. The van der Waals surface area contributed by atoms with Crippen molar-refractivity contribution >= 4 is 6.03 Å². The summed E-state index contributed by atoms with van der Waals surface area (Å²) in [7, 11) is 0. The van der Waals surface area contributed by atoms with E-state index in [1.807, 2.05) is 0 Å². The molecule has 7 heteroatoms. The Kier molecular flexibility index (Phi) is 4.42. The van der Waals surface area contributed by atoms with E-state index in [0.29, 0.717) is 11.4 Å². The van der Waals surface area contributed by atoms with Gasteiger partial charge in [0.2, 0.25) is 0 Å². The molecule has 0 aromatic heterocycles. The summed E-state index contributed by atoms with van der Waals surface area (Å²) in [5, 5.41) is 5.62. The Morgan fingerprint density at radius 1 is 1.73 bits per heavy atom. The molecule has 0 atom stereocenters. The molecule has 0 bridgehead atoms. The number of hydrogen-bond donors (Lipinski definition) is 0. The molecule has 0 aliphatic heterocycles. The van der Waals surface area contributed by atoms with Crippen molar-refractivity contribution in [2.75, 3.05) is 6.54 Å². The van der Waals surface area contributed by atoms with Crippen LogP contribution in [-0.4, -0.2) is 17.6 Å². The van der Waals surface area contributed by atoms with E-state index in [0.717, 1.165) is 0 Å². The molecule has 0 heterocycles. The van der Waals surface area contributed by atoms with Crippen LogP contribution in [0, 0.1) is 4.91 Å². The fourth-order valence-corrected chi connectivity index (χ4v) is 0.473. The minimum atomic E-state index is -0.968. The summed E-state index contributed by atoms with van der Waals surface area (Å²) >= 11 is 0. The third kappa shape index (κ3) is 3.17. The normalized spacial score (nSPS) is 8.09. The van der Waals surface area contributed by atoms with Gasteiger partial charge in [-0.25, -0.2) is 0 Å². The SMILES string of the molecule is CCCN(N=O)C(=O)N=[N+]=[N-].